The van der Waals surface area contributed by atoms with E-state index in [0.29, 0.717) is 28.1 Å². The fourth-order valence-electron chi connectivity index (χ4n) is 5.99. The number of amides is 3. The average molecular weight is 570 g/mol. The summed E-state index contributed by atoms with van der Waals surface area (Å²) in [6.07, 6.45) is 0.763. The van der Waals surface area contributed by atoms with Crippen molar-refractivity contribution in [2.75, 3.05) is 13.2 Å². The third kappa shape index (κ3) is 5.26. The van der Waals surface area contributed by atoms with Gasteiger partial charge in [-0.3, -0.25) is 19.3 Å². The molecular weight excluding hydrogens is 538 g/mol. The quantitative estimate of drug-likeness (QED) is 0.203. The molecule has 0 saturated heterocycles. The molecule has 1 aromatic heterocycles. The van der Waals surface area contributed by atoms with E-state index >= 15 is 0 Å². The van der Waals surface area contributed by atoms with E-state index in [-0.39, 0.29) is 37.3 Å². The highest BCUT2D eigenvalue weighted by Crippen LogP contribution is 2.41. The molecule has 1 aliphatic heterocycles. The average Bonchev–Trinajstić information content (AvgIpc) is 3.27. The Balaban J connectivity index is 1.47. The Morgan fingerprint density at radius 2 is 1.47 bits per heavy atom. The number of benzene rings is 4. The Morgan fingerprint density at radius 3 is 2.09 bits per heavy atom. The van der Waals surface area contributed by atoms with Gasteiger partial charge in [0.05, 0.1) is 29.6 Å². The van der Waals surface area contributed by atoms with Crippen LogP contribution in [0.3, 0.4) is 0 Å². The van der Waals surface area contributed by atoms with Crippen molar-refractivity contribution in [3.63, 3.8) is 0 Å². The molecule has 214 valence electrons. The van der Waals surface area contributed by atoms with Gasteiger partial charge in [0.2, 0.25) is 5.91 Å². The van der Waals surface area contributed by atoms with Crippen LogP contribution in [0.25, 0.3) is 22.2 Å². The van der Waals surface area contributed by atoms with Crippen LogP contribution in [0.1, 0.15) is 56.7 Å². The van der Waals surface area contributed by atoms with E-state index in [9.17, 15) is 14.4 Å². The summed E-state index contributed by atoms with van der Waals surface area (Å²) in [6, 6.07) is 32.6. The van der Waals surface area contributed by atoms with Gasteiger partial charge in [0.1, 0.15) is 18.1 Å². The molecule has 2 heterocycles. The molecule has 43 heavy (non-hydrogen) atoms. The first-order valence-electron chi connectivity index (χ1n) is 14.4. The molecule has 5 aromatic rings. The fraction of sp³-hybridized carbons (Fsp3) is 0.167. The van der Waals surface area contributed by atoms with Gasteiger partial charge in [0, 0.05) is 22.4 Å². The van der Waals surface area contributed by atoms with Gasteiger partial charge in [-0.1, -0.05) is 91.9 Å². The Hall–Kier alpha value is -5.30. The van der Waals surface area contributed by atoms with E-state index in [1.807, 2.05) is 60.7 Å². The van der Waals surface area contributed by atoms with E-state index in [1.165, 1.54) is 4.90 Å². The van der Waals surface area contributed by atoms with Crippen LogP contribution in [0.2, 0.25) is 0 Å². The summed E-state index contributed by atoms with van der Waals surface area (Å²) in [4.78, 5) is 44.8. The molecule has 7 heteroatoms. The fourth-order valence-corrected chi connectivity index (χ4v) is 5.99. The van der Waals surface area contributed by atoms with Gasteiger partial charge >= 0.3 is 0 Å². The first kappa shape index (κ1) is 27.8. The molecule has 1 unspecified atom stereocenters. The Labute approximate surface area is 249 Å². The van der Waals surface area contributed by atoms with Crippen LogP contribution >= 0.6 is 0 Å². The summed E-state index contributed by atoms with van der Waals surface area (Å²) < 4.78 is 6.45. The third-order valence-corrected chi connectivity index (χ3v) is 7.92. The van der Waals surface area contributed by atoms with Crippen molar-refractivity contribution in [2.45, 2.75) is 25.7 Å². The number of hydrogen-bond donors (Lipinski definition) is 1. The van der Waals surface area contributed by atoms with Crippen LogP contribution in [0.5, 0.6) is 5.75 Å². The molecule has 0 bridgehead atoms. The number of imide groups is 1. The SMILES string of the molecule is CCC(c1ccccc1)c1cccc2nc(-c3ccccc3)c(OCCN3C(=O)c4ccccc4C3=O)c(CC(N)=O)c12. The molecule has 4 aromatic carbocycles. The van der Waals surface area contributed by atoms with E-state index in [0.717, 1.165) is 34.0 Å². The number of aromatic nitrogens is 1. The predicted molar refractivity (Wildman–Crippen MR) is 166 cm³/mol. The molecule has 0 fully saturated rings. The van der Waals surface area contributed by atoms with Crippen LogP contribution < -0.4 is 10.5 Å². The molecule has 1 atom stereocenters. The van der Waals surface area contributed by atoms with Gasteiger partial charge in [-0.05, 0) is 35.7 Å². The van der Waals surface area contributed by atoms with Crippen molar-refractivity contribution in [3.05, 3.63) is 131 Å². The topological polar surface area (TPSA) is 103 Å². The molecule has 3 amide bonds. The molecule has 0 radical (unpaired) electrons. The van der Waals surface area contributed by atoms with Crippen LogP contribution in [0.4, 0.5) is 0 Å². The highest BCUT2D eigenvalue weighted by molar-refractivity contribution is 6.21. The number of nitrogens with zero attached hydrogens (tertiary/aromatic N) is 2. The number of nitrogens with two attached hydrogens (primary N) is 1. The molecule has 7 nitrogen and oxygen atoms in total. The minimum absolute atomic E-state index is 0.0162. The number of fused-ring (bicyclic) bond motifs is 2. The van der Waals surface area contributed by atoms with Crippen LogP contribution in [-0.4, -0.2) is 40.8 Å². The first-order chi connectivity index (χ1) is 21.0. The normalized spacial score (nSPS) is 13.3. The number of hydrogen-bond acceptors (Lipinski definition) is 5. The lowest BCUT2D eigenvalue weighted by molar-refractivity contribution is -0.117. The van der Waals surface area contributed by atoms with Gasteiger partial charge in [-0.15, -0.1) is 0 Å². The van der Waals surface area contributed by atoms with Gasteiger partial charge in [0.25, 0.3) is 11.8 Å². The maximum absolute atomic E-state index is 13.0. The second-order valence-electron chi connectivity index (χ2n) is 10.5. The number of ether oxygens (including phenoxy) is 1. The summed E-state index contributed by atoms with van der Waals surface area (Å²) in [6.45, 7) is 2.19. The lowest BCUT2D eigenvalue weighted by atomic mass is 9.84. The highest BCUT2D eigenvalue weighted by atomic mass is 16.5. The molecule has 6 rings (SSSR count). The monoisotopic (exact) mass is 569 g/mol. The summed E-state index contributed by atoms with van der Waals surface area (Å²) in [5.41, 5.74) is 11.5. The van der Waals surface area contributed by atoms with Crippen LogP contribution in [0.15, 0.2) is 103 Å². The second-order valence-corrected chi connectivity index (χ2v) is 10.5. The third-order valence-electron chi connectivity index (χ3n) is 7.92. The lowest BCUT2D eigenvalue weighted by Gasteiger charge is -2.23. The Bertz CT molecular complexity index is 1800. The minimum atomic E-state index is -0.501. The summed E-state index contributed by atoms with van der Waals surface area (Å²) >= 11 is 0. The van der Waals surface area contributed by atoms with E-state index in [1.54, 1.807) is 24.3 Å². The zero-order valence-electron chi connectivity index (χ0n) is 23.8. The van der Waals surface area contributed by atoms with Crippen molar-refractivity contribution < 1.29 is 19.1 Å². The van der Waals surface area contributed by atoms with E-state index in [2.05, 4.69) is 25.1 Å². The standard InChI is InChI=1S/C36H31N3O4/c1-2-25(23-12-5-3-6-13-23)26-18-11-19-30-32(26)29(22-31(37)40)34(33(38-30)24-14-7-4-8-15-24)43-21-20-39-35(41)27-16-9-10-17-28(27)36(39)42/h3-19,25H,2,20-22H2,1H3,(H2,37,40). The summed E-state index contributed by atoms with van der Waals surface area (Å²) in [7, 11) is 0. The predicted octanol–water partition coefficient (Wildman–Crippen LogP) is 6.15. The Morgan fingerprint density at radius 1 is 0.837 bits per heavy atom. The molecule has 0 spiro atoms. The maximum atomic E-state index is 13.0. The van der Waals surface area contributed by atoms with E-state index in [4.69, 9.17) is 15.5 Å². The van der Waals surface area contributed by atoms with Crippen LogP contribution in [-0.2, 0) is 11.2 Å². The van der Waals surface area contributed by atoms with Crippen LogP contribution in [0, 0.1) is 0 Å². The maximum Gasteiger partial charge on any atom is 0.261 e. The number of rotatable bonds is 10. The molecule has 0 aliphatic carbocycles. The highest BCUT2D eigenvalue weighted by Gasteiger charge is 2.35. The van der Waals surface area contributed by atoms with Gasteiger partial charge in [-0.2, -0.15) is 0 Å². The first-order valence-corrected chi connectivity index (χ1v) is 14.4. The van der Waals surface area contributed by atoms with Crippen molar-refractivity contribution in [1.82, 2.24) is 9.88 Å². The number of primary amides is 1. The number of carbonyl (C=O) groups is 3. The lowest BCUT2D eigenvalue weighted by Crippen LogP contribution is -2.33. The van der Waals surface area contributed by atoms with Gasteiger partial charge in [-0.25, -0.2) is 4.98 Å². The van der Waals surface area contributed by atoms with Crippen molar-refractivity contribution >= 4 is 28.6 Å². The molecule has 2 N–H and O–H groups in total. The van der Waals surface area contributed by atoms with Crippen molar-refractivity contribution in [2.24, 2.45) is 5.73 Å². The largest absolute Gasteiger partial charge is 0.489 e. The van der Waals surface area contributed by atoms with Crippen molar-refractivity contribution in [1.29, 1.82) is 0 Å². The molecule has 0 saturated carbocycles. The zero-order chi connectivity index (χ0) is 29.9. The van der Waals surface area contributed by atoms with E-state index < -0.39 is 5.91 Å². The minimum Gasteiger partial charge on any atom is -0.489 e. The van der Waals surface area contributed by atoms with Crippen molar-refractivity contribution in [3.8, 4) is 17.0 Å². The molecular formula is C36H31N3O4. The number of carbonyl (C=O) groups excluding carboxylic acids is 3. The zero-order valence-corrected chi connectivity index (χ0v) is 23.8. The summed E-state index contributed by atoms with van der Waals surface area (Å²) in [5.74, 6) is -0.731. The van der Waals surface area contributed by atoms with Gasteiger partial charge in [0.15, 0.2) is 0 Å². The smallest absolute Gasteiger partial charge is 0.261 e. The summed E-state index contributed by atoms with van der Waals surface area (Å²) in [5, 5.41) is 0.826. The Kier molecular flexibility index (Phi) is 7.71. The second kappa shape index (κ2) is 11.9. The van der Waals surface area contributed by atoms with Gasteiger partial charge < -0.3 is 10.5 Å². The number of pyridine rings is 1. The molecule has 1 aliphatic rings.